The summed E-state index contributed by atoms with van der Waals surface area (Å²) in [6.45, 7) is -0.376. The number of carbonyl (C=O) groups is 4. The number of amides is 2. The molecule has 6 rings (SSSR count). The summed E-state index contributed by atoms with van der Waals surface area (Å²) < 4.78 is 5.40. The van der Waals surface area contributed by atoms with E-state index in [-0.39, 0.29) is 36.0 Å². The maximum Gasteiger partial charge on any atom is 0.339 e. The van der Waals surface area contributed by atoms with Gasteiger partial charge in [0.2, 0.25) is 11.8 Å². The molecule has 2 atom stereocenters. The summed E-state index contributed by atoms with van der Waals surface area (Å²) in [6, 6.07) is 24.5. The zero-order chi connectivity index (χ0) is 26.9. The summed E-state index contributed by atoms with van der Waals surface area (Å²) in [4.78, 5) is 57.5. The summed E-state index contributed by atoms with van der Waals surface area (Å²) >= 11 is 0. The van der Waals surface area contributed by atoms with E-state index in [0.717, 1.165) is 0 Å². The van der Waals surface area contributed by atoms with Crippen LogP contribution in [0.5, 0.6) is 0 Å². The van der Waals surface area contributed by atoms with Crippen LogP contribution in [0.2, 0.25) is 0 Å². The van der Waals surface area contributed by atoms with Gasteiger partial charge < -0.3 is 4.74 Å². The van der Waals surface area contributed by atoms with Crippen LogP contribution in [0.4, 0.5) is 5.69 Å². The highest BCUT2D eigenvalue weighted by Crippen LogP contribution is 2.38. The largest absolute Gasteiger partial charge is 0.454 e. The Morgan fingerprint density at radius 3 is 2.15 bits per heavy atom. The second-order valence-corrected chi connectivity index (χ2v) is 9.65. The van der Waals surface area contributed by atoms with E-state index in [1.165, 1.54) is 4.90 Å². The molecule has 1 aliphatic heterocycles. The Labute approximate surface area is 224 Å². The number of rotatable bonds is 6. The van der Waals surface area contributed by atoms with Gasteiger partial charge >= 0.3 is 5.97 Å². The predicted octanol–water partition coefficient (Wildman–Crippen LogP) is 5.40. The molecular weight excluding hydrogens is 492 g/mol. The number of anilines is 1. The number of hydrogen-bond donors (Lipinski definition) is 0. The molecule has 7 heteroatoms. The first-order chi connectivity index (χ1) is 19.0. The van der Waals surface area contributed by atoms with E-state index >= 15 is 0 Å². The molecule has 0 spiro atoms. The average molecular weight is 517 g/mol. The Morgan fingerprint density at radius 1 is 0.821 bits per heavy atom. The van der Waals surface area contributed by atoms with Crippen LogP contribution in [-0.4, -0.2) is 35.2 Å². The number of imide groups is 1. The molecule has 3 aromatic carbocycles. The van der Waals surface area contributed by atoms with Crippen LogP contribution in [0, 0.1) is 11.8 Å². The standard InChI is InChI=1S/C32H24N2O5/c35-29(21-8-2-1-3-9-21)19-39-32(38)26-18-28(33-27-13-7-6-10-23(26)27)20-14-16-22(17-15-20)34-30(36)24-11-4-5-12-25(24)31(34)37/h1-10,13-18,24-25H,11-12,19H2/t24-,25+. The molecule has 1 fully saturated rings. The molecule has 2 amide bonds. The number of ketones is 1. The van der Waals surface area contributed by atoms with Crippen molar-refractivity contribution in [2.45, 2.75) is 12.8 Å². The van der Waals surface area contributed by atoms with Crippen LogP contribution in [0.15, 0.2) is 97.1 Å². The predicted molar refractivity (Wildman–Crippen MR) is 146 cm³/mol. The van der Waals surface area contributed by atoms with Gasteiger partial charge in [0.15, 0.2) is 12.4 Å². The normalized spacial score (nSPS) is 18.3. The minimum absolute atomic E-state index is 0.166. The van der Waals surface area contributed by atoms with Crippen molar-refractivity contribution in [3.63, 3.8) is 0 Å². The Hall–Kier alpha value is -4.91. The SMILES string of the molecule is O=C(COC(=O)c1cc(-c2ccc(N3C(=O)[C@H]4CC=CC[C@H]4C3=O)cc2)nc2ccccc12)c1ccccc1. The second-order valence-electron chi connectivity index (χ2n) is 9.65. The summed E-state index contributed by atoms with van der Waals surface area (Å²) in [5, 5.41) is 0.611. The van der Waals surface area contributed by atoms with Gasteiger partial charge in [0.25, 0.3) is 0 Å². The monoisotopic (exact) mass is 516 g/mol. The maximum absolute atomic E-state index is 13.1. The molecule has 0 unspecified atom stereocenters. The van der Waals surface area contributed by atoms with Crippen LogP contribution in [-0.2, 0) is 14.3 Å². The van der Waals surface area contributed by atoms with E-state index in [4.69, 9.17) is 9.72 Å². The Bertz CT molecular complexity index is 1620. The molecular formula is C32H24N2O5. The van der Waals surface area contributed by atoms with Crippen LogP contribution in [0.3, 0.4) is 0 Å². The third kappa shape index (κ3) is 4.52. The zero-order valence-electron chi connectivity index (χ0n) is 20.9. The number of carbonyl (C=O) groups excluding carboxylic acids is 4. The minimum Gasteiger partial charge on any atom is -0.454 e. The lowest BCUT2D eigenvalue weighted by molar-refractivity contribution is -0.122. The van der Waals surface area contributed by atoms with Crippen LogP contribution < -0.4 is 4.90 Å². The molecule has 2 heterocycles. The number of hydrogen-bond acceptors (Lipinski definition) is 6. The summed E-state index contributed by atoms with van der Waals surface area (Å²) in [6.07, 6.45) is 5.09. The smallest absolute Gasteiger partial charge is 0.339 e. The number of aromatic nitrogens is 1. The first-order valence-electron chi connectivity index (χ1n) is 12.8. The van der Waals surface area contributed by atoms with Crippen molar-refractivity contribution < 1.29 is 23.9 Å². The molecule has 192 valence electrons. The molecule has 39 heavy (non-hydrogen) atoms. The van der Waals surface area contributed by atoms with Crippen molar-refractivity contribution in [2.75, 3.05) is 11.5 Å². The van der Waals surface area contributed by atoms with E-state index in [0.29, 0.717) is 51.8 Å². The first-order valence-corrected chi connectivity index (χ1v) is 12.8. The number of Topliss-reactive ketones (excluding diaryl/α,β-unsaturated/α-hetero) is 1. The molecule has 0 bridgehead atoms. The molecule has 0 radical (unpaired) electrons. The van der Waals surface area contributed by atoms with E-state index in [9.17, 15) is 19.2 Å². The molecule has 4 aromatic rings. The van der Waals surface area contributed by atoms with E-state index in [2.05, 4.69) is 0 Å². The highest BCUT2D eigenvalue weighted by molar-refractivity contribution is 6.22. The second kappa shape index (κ2) is 10.1. The lowest BCUT2D eigenvalue weighted by atomic mass is 9.85. The number of fused-ring (bicyclic) bond motifs is 2. The van der Waals surface area contributed by atoms with Gasteiger partial charge in [0.1, 0.15) is 0 Å². The van der Waals surface area contributed by atoms with Crippen molar-refractivity contribution in [2.24, 2.45) is 11.8 Å². The van der Waals surface area contributed by atoms with Gasteiger partial charge in [-0.15, -0.1) is 0 Å². The topological polar surface area (TPSA) is 93.6 Å². The van der Waals surface area contributed by atoms with Gasteiger partial charge in [-0.2, -0.15) is 0 Å². The zero-order valence-corrected chi connectivity index (χ0v) is 20.9. The quantitative estimate of drug-likeness (QED) is 0.148. The molecule has 1 aliphatic carbocycles. The third-order valence-electron chi connectivity index (χ3n) is 7.30. The van der Waals surface area contributed by atoms with Crippen molar-refractivity contribution >= 4 is 40.2 Å². The number of nitrogens with zero attached hydrogens (tertiary/aromatic N) is 2. The van der Waals surface area contributed by atoms with Crippen molar-refractivity contribution in [1.82, 2.24) is 4.98 Å². The lowest BCUT2D eigenvalue weighted by Gasteiger charge is -2.15. The highest BCUT2D eigenvalue weighted by Gasteiger charge is 2.47. The number of pyridine rings is 1. The number of para-hydroxylation sites is 1. The van der Waals surface area contributed by atoms with Crippen LogP contribution in [0.1, 0.15) is 33.6 Å². The van der Waals surface area contributed by atoms with Gasteiger partial charge in [-0.3, -0.25) is 19.3 Å². The fourth-order valence-electron chi connectivity index (χ4n) is 5.24. The summed E-state index contributed by atoms with van der Waals surface area (Å²) in [7, 11) is 0. The average Bonchev–Trinajstić information content (AvgIpc) is 3.25. The Kier molecular flexibility index (Phi) is 6.32. The minimum atomic E-state index is -0.625. The molecule has 0 saturated carbocycles. The van der Waals surface area contributed by atoms with E-state index in [1.807, 2.05) is 30.4 Å². The molecule has 1 saturated heterocycles. The summed E-state index contributed by atoms with van der Waals surface area (Å²) in [5.74, 6) is -1.85. The van der Waals surface area contributed by atoms with Gasteiger partial charge in [-0.1, -0.05) is 72.8 Å². The fourth-order valence-corrected chi connectivity index (χ4v) is 5.24. The number of allylic oxidation sites excluding steroid dienone is 2. The Balaban J connectivity index is 1.27. The van der Waals surface area contributed by atoms with Gasteiger partial charge in [-0.25, -0.2) is 9.78 Å². The fraction of sp³-hybridized carbons (Fsp3) is 0.156. The van der Waals surface area contributed by atoms with Crippen molar-refractivity contribution in [1.29, 1.82) is 0 Å². The highest BCUT2D eigenvalue weighted by atomic mass is 16.5. The lowest BCUT2D eigenvalue weighted by Crippen LogP contribution is -2.30. The van der Waals surface area contributed by atoms with Gasteiger partial charge in [0.05, 0.1) is 34.3 Å². The maximum atomic E-state index is 13.1. The molecule has 2 aliphatic rings. The van der Waals surface area contributed by atoms with E-state index < -0.39 is 5.97 Å². The van der Waals surface area contributed by atoms with Crippen molar-refractivity contribution in [3.8, 4) is 11.3 Å². The Morgan fingerprint density at radius 2 is 1.46 bits per heavy atom. The van der Waals surface area contributed by atoms with Gasteiger partial charge in [0, 0.05) is 16.5 Å². The van der Waals surface area contributed by atoms with Crippen molar-refractivity contribution in [3.05, 3.63) is 108 Å². The van der Waals surface area contributed by atoms with Crippen LogP contribution in [0.25, 0.3) is 22.2 Å². The molecule has 0 N–H and O–H groups in total. The van der Waals surface area contributed by atoms with E-state index in [1.54, 1.807) is 66.7 Å². The number of ether oxygens (including phenoxy) is 1. The third-order valence-corrected chi connectivity index (χ3v) is 7.30. The number of benzene rings is 3. The first kappa shape index (κ1) is 24.4. The van der Waals surface area contributed by atoms with Gasteiger partial charge in [-0.05, 0) is 37.1 Å². The molecule has 1 aromatic heterocycles. The summed E-state index contributed by atoms with van der Waals surface area (Å²) in [5.41, 5.74) is 3.11. The van der Waals surface area contributed by atoms with Crippen LogP contribution >= 0.6 is 0 Å². The number of esters is 1. The molecule has 7 nitrogen and oxygen atoms in total.